The fourth-order valence-electron chi connectivity index (χ4n) is 3.80. The summed E-state index contributed by atoms with van der Waals surface area (Å²) in [4.78, 5) is 0. The van der Waals surface area contributed by atoms with Gasteiger partial charge in [0.25, 0.3) is 0 Å². The Labute approximate surface area is 185 Å². The molecule has 1 unspecified atom stereocenters. The minimum Gasteiger partial charge on any atom is -0.508 e. The zero-order valence-electron chi connectivity index (χ0n) is 16.0. The fourth-order valence-corrected chi connectivity index (χ4v) is 4.47. The normalized spacial score (nSPS) is 10.9. The van der Waals surface area contributed by atoms with E-state index in [4.69, 9.17) is 0 Å². The maximum atomic E-state index is 10.3. The lowest BCUT2D eigenvalue weighted by molar-refractivity contribution is 0.469. The highest BCUT2D eigenvalue weighted by Crippen LogP contribution is 2.46. The molecule has 0 aliphatic carbocycles. The summed E-state index contributed by atoms with van der Waals surface area (Å²) in [6, 6.07) is 37.2. The molecule has 0 fully saturated rings. The first-order chi connectivity index (χ1) is 13.7. The molecule has 1 atom stereocenters. The Morgan fingerprint density at radius 3 is 1.59 bits per heavy atom. The number of hydrogen-bond donors (Lipinski definition) is 1. The third kappa shape index (κ3) is 4.29. The highest BCUT2D eigenvalue weighted by atomic mass is 79.9. The lowest BCUT2D eigenvalue weighted by Crippen LogP contribution is -2.23. The SMILES string of the molecule is Br.Oc1ccccc1Cc1ccccc1C(P)(c1ccccc1)c1ccccc1. The van der Waals surface area contributed by atoms with Gasteiger partial charge < -0.3 is 5.11 Å². The van der Waals surface area contributed by atoms with Crippen molar-refractivity contribution >= 4 is 26.2 Å². The summed E-state index contributed by atoms with van der Waals surface area (Å²) in [6.45, 7) is 0. The molecule has 0 saturated carbocycles. The van der Waals surface area contributed by atoms with E-state index in [-0.39, 0.29) is 22.1 Å². The van der Waals surface area contributed by atoms with E-state index in [2.05, 4.69) is 82.0 Å². The van der Waals surface area contributed by atoms with E-state index in [1.165, 1.54) is 22.3 Å². The third-order valence-corrected chi connectivity index (χ3v) is 6.25. The average molecular weight is 463 g/mol. The molecular formula is C26H24BrOP. The molecule has 1 N–H and O–H groups in total. The fraction of sp³-hybridized carbons (Fsp3) is 0.0769. The molecule has 0 bridgehead atoms. The molecule has 0 amide bonds. The number of aromatic hydroxyl groups is 1. The quantitative estimate of drug-likeness (QED) is 0.257. The summed E-state index contributed by atoms with van der Waals surface area (Å²) in [5.41, 5.74) is 5.79. The number of benzene rings is 4. The van der Waals surface area contributed by atoms with Crippen LogP contribution in [0.5, 0.6) is 5.75 Å². The Balaban J connectivity index is 0.00000240. The Kier molecular flexibility index (Phi) is 6.90. The molecule has 29 heavy (non-hydrogen) atoms. The monoisotopic (exact) mass is 462 g/mol. The molecule has 0 aliphatic rings. The third-order valence-electron chi connectivity index (χ3n) is 5.27. The largest absolute Gasteiger partial charge is 0.508 e. The molecular weight excluding hydrogens is 439 g/mol. The summed E-state index contributed by atoms with van der Waals surface area (Å²) in [5.74, 6) is 0.339. The first-order valence-corrected chi connectivity index (χ1v) is 10.0. The van der Waals surface area contributed by atoms with Crippen LogP contribution in [0.3, 0.4) is 0 Å². The van der Waals surface area contributed by atoms with Gasteiger partial charge in [0.2, 0.25) is 0 Å². The summed E-state index contributed by atoms with van der Waals surface area (Å²) < 4.78 is 0. The predicted molar refractivity (Wildman–Crippen MR) is 130 cm³/mol. The van der Waals surface area contributed by atoms with E-state index in [0.29, 0.717) is 12.2 Å². The first kappa shape index (κ1) is 21.3. The zero-order chi connectivity index (χ0) is 19.4. The van der Waals surface area contributed by atoms with Crippen molar-refractivity contribution in [3.63, 3.8) is 0 Å². The van der Waals surface area contributed by atoms with Gasteiger partial charge in [-0.05, 0) is 33.9 Å². The van der Waals surface area contributed by atoms with Crippen LogP contribution in [-0.2, 0) is 11.6 Å². The topological polar surface area (TPSA) is 20.2 Å². The zero-order valence-corrected chi connectivity index (χ0v) is 18.9. The Morgan fingerprint density at radius 1 is 0.586 bits per heavy atom. The van der Waals surface area contributed by atoms with Gasteiger partial charge in [-0.3, -0.25) is 0 Å². The van der Waals surface area contributed by atoms with Gasteiger partial charge in [0.1, 0.15) is 5.75 Å². The van der Waals surface area contributed by atoms with Crippen LogP contribution in [0.2, 0.25) is 0 Å². The van der Waals surface area contributed by atoms with Gasteiger partial charge >= 0.3 is 0 Å². The van der Waals surface area contributed by atoms with Crippen LogP contribution in [0.1, 0.15) is 27.8 Å². The predicted octanol–water partition coefficient (Wildman–Crippen LogP) is 6.73. The molecule has 4 aromatic rings. The molecule has 4 aromatic carbocycles. The second kappa shape index (κ2) is 9.39. The minimum absolute atomic E-state index is 0. The van der Waals surface area contributed by atoms with Crippen LogP contribution >= 0.6 is 26.2 Å². The van der Waals surface area contributed by atoms with Crippen molar-refractivity contribution in [3.05, 3.63) is 137 Å². The van der Waals surface area contributed by atoms with Crippen LogP contribution in [0.4, 0.5) is 0 Å². The van der Waals surface area contributed by atoms with Crippen molar-refractivity contribution in [2.24, 2.45) is 0 Å². The second-order valence-corrected chi connectivity index (χ2v) is 7.87. The number of halogens is 1. The molecule has 3 heteroatoms. The maximum Gasteiger partial charge on any atom is 0.119 e. The molecule has 0 spiro atoms. The Morgan fingerprint density at radius 2 is 1.03 bits per heavy atom. The van der Waals surface area contributed by atoms with Crippen molar-refractivity contribution in [3.8, 4) is 5.75 Å². The highest BCUT2D eigenvalue weighted by Gasteiger charge is 2.33. The molecule has 146 valence electrons. The molecule has 0 aliphatic heterocycles. The number of para-hydroxylation sites is 1. The van der Waals surface area contributed by atoms with Crippen molar-refractivity contribution in [1.82, 2.24) is 0 Å². The summed E-state index contributed by atoms with van der Waals surface area (Å²) in [7, 11) is 3.11. The molecule has 0 aromatic heterocycles. The van der Waals surface area contributed by atoms with E-state index in [1.54, 1.807) is 6.07 Å². The van der Waals surface area contributed by atoms with Gasteiger partial charge in [0.15, 0.2) is 0 Å². The van der Waals surface area contributed by atoms with E-state index < -0.39 is 0 Å². The van der Waals surface area contributed by atoms with Crippen molar-refractivity contribution in [1.29, 1.82) is 0 Å². The smallest absolute Gasteiger partial charge is 0.119 e. The number of rotatable bonds is 5. The standard InChI is InChI=1S/C26H23OP.BrH/c27-25-18-10-8-12-21(25)19-20-11-7-9-17-24(20)26(28,22-13-3-1-4-14-22)23-15-5-2-6-16-23;/h1-18,27H,19,28H2;1H. The van der Waals surface area contributed by atoms with Crippen LogP contribution in [0.25, 0.3) is 0 Å². The Bertz CT molecular complexity index is 1020. The summed E-state index contributed by atoms with van der Waals surface area (Å²) >= 11 is 0. The highest BCUT2D eigenvalue weighted by molar-refractivity contribution is 8.93. The van der Waals surface area contributed by atoms with Crippen LogP contribution < -0.4 is 0 Å². The number of phenols is 1. The lowest BCUT2D eigenvalue weighted by atomic mass is 9.80. The van der Waals surface area contributed by atoms with E-state index >= 15 is 0 Å². The first-order valence-electron chi connectivity index (χ1n) is 9.45. The van der Waals surface area contributed by atoms with Gasteiger partial charge in [0, 0.05) is 6.42 Å². The van der Waals surface area contributed by atoms with Gasteiger partial charge in [-0.1, -0.05) is 103 Å². The minimum atomic E-state index is -0.372. The van der Waals surface area contributed by atoms with Gasteiger partial charge in [-0.15, -0.1) is 26.2 Å². The van der Waals surface area contributed by atoms with Crippen molar-refractivity contribution in [2.45, 2.75) is 11.6 Å². The summed E-state index contributed by atoms with van der Waals surface area (Å²) in [5, 5.41) is 9.92. The lowest BCUT2D eigenvalue weighted by Gasteiger charge is -2.33. The van der Waals surface area contributed by atoms with Crippen molar-refractivity contribution in [2.75, 3.05) is 0 Å². The average Bonchev–Trinajstić information content (AvgIpc) is 2.76. The van der Waals surface area contributed by atoms with Gasteiger partial charge in [-0.2, -0.15) is 0 Å². The molecule has 0 heterocycles. The number of phenolic OH excluding ortho intramolecular Hbond substituents is 1. The van der Waals surface area contributed by atoms with Crippen LogP contribution in [0, 0.1) is 0 Å². The van der Waals surface area contributed by atoms with E-state index in [9.17, 15) is 5.11 Å². The van der Waals surface area contributed by atoms with E-state index in [1.807, 2.05) is 30.3 Å². The van der Waals surface area contributed by atoms with E-state index in [0.717, 1.165) is 5.56 Å². The number of hydrogen-bond acceptors (Lipinski definition) is 1. The molecule has 1 nitrogen and oxygen atoms in total. The molecule has 0 saturated heterocycles. The molecule has 0 radical (unpaired) electrons. The maximum absolute atomic E-state index is 10.3. The second-order valence-electron chi connectivity index (χ2n) is 7.00. The van der Waals surface area contributed by atoms with Gasteiger partial charge in [0.05, 0.1) is 5.16 Å². The molecule has 4 rings (SSSR count). The van der Waals surface area contributed by atoms with Crippen LogP contribution in [0.15, 0.2) is 109 Å². The Hall–Kier alpha value is -2.41. The van der Waals surface area contributed by atoms with Crippen molar-refractivity contribution < 1.29 is 5.11 Å². The summed E-state index contributed by atoms with van der Waals surface area (Å²) in [6.07, 6.45) is 0.679. The van der Waals surface area contributed by atoms with Crippen LogP contribution in [-0.4, -0.2) is 5.11 Å². The van der Waals surface area contributed by atoms with Gasteiger partial charge in [-0.25, -0.2) is 0 Å².